The van der Waals surface area contributed by atoms with Crippen LogP contribution in [0.15, 0.2) is 57.5 Å². The normalized spacial score (nSPS) is 15.3. The summed E-state index contributed by atoms with van der Waals surface area (Å²) in [5.74, 6) is 0.218. The van der Waals surface area contributed by atoms with Gasteiger partial charge in [0.1, 0.15) is 11.8 Å². The Morgan fingerprint density at radius 2 is 1.89 bits per heavy atom. The molecule has 0 spiro atoms. The van der Waals surface area contributed by atoms with Gasteiger partial charge < -0.3 is 19.3 Å². The molecular weight excluding hydrogens is 516 g/mol. The second-order valence-corrected chi connectivity index (χ2v) is 9.68. The highest BCUT2D eigenvalue weighted by atomic mass is 35.5. The summed E-state index contributed by atoms with van der Waals surface area (Å²) in [6.45, 7) is 3.89. The minimum Gasteiger partial charge on any atom is -0.504 e. The Kier molecular flexibility index (Phi) is 8.04. The first kappa shape index (κ1) is 26.5. The van der Waals surface area contributed by atoms with Crippen molar-refractivity contribution < 1.29 is 24.1 Å². The molecule has 4 rings (SSSR count). The number of phenolic OH excluding ortho intramolecular Hbond substituents is 1. The van der Waals surface area contributed by atoms with Crippen LogP contribution in [0.25, 0.3) is 6.08 Å². The van der Waals surface area contributed by atoms with E-state index >= 15 is 0 Å². The molecule has 0 bridgehead atoms. The number of rotatable bonds is 8. The van der Waals surface area contributed by atoms with Gasteiger partial charge in [-0.25, -0.2) is 9.79 Å². The number of hydrogen-bond donors (Lipinski definition) is 1. The van der Waals surface area contributed by atoms with Gasteiger partial charge in [0, 0.05) is 10.6 Å². The monoisotopic (exact) mass is 542 g/mol. The van der Waals surface area contributed by atoms with E-state index in [0.717, 1.165) is 6.42 Å². The average molecular weight is 543 g/mol. The smallest absolute Gasteiger partial charge is 0.338 e. The van der Waals surface area contributed by atoms with Crippen LogP contribution in [0, 0.1) is 0 Å². The molecule has 3 aromatic rings. The summed E-state index contributed by atoms with van der Waals surface area (Å²) in [4.78, 5) is 32.3. The number of fused-ring (bicyclic) bond motifs is 1. The number of esters is 1. The summed E-state index contributed by atoms with van der Waals surface area (Å²) in [7, 11) is 2.99. The summed E-state index contributed by atoms with van der Waals surface area (Å²) in [5, 5.41) is 10.6. The maximum atomic E-state index is 13.8. The number of thiazole rings is 1. The number of carbonyl (C=O) groups is 1. The van der Waals surface area contributed by atoms with Crippen molar-refractivity contribution in [1.82, 2.24) is 4.57 Å². The highest BCUT2D eigenvalue weighted by Gasteiger charge is 2.36. The van der Waals surface area contributed by atoms with Crippen LogP contribution in [-0.4, -0.2) is 36.5 Å². The molecule has 0 radical (unpaired) electrons. The third-order valence-electron chi connectivity index (χ3n) is 5.88. The van der Waals surface area contributed by atoms with E-state index in [1.807, 2.05) is 6.92 Å². The molecule has 10 heteroatoms. The molecule has 0 aliphatic carbocycles. The number of halogens is 1. The molecule has 1 atom stereocenters. The predicted octanol–water partition coefficient (Wildman–Crippen LogP) is 3.95. The minimum absolute atomic E-state index is 0.0413. The number of ether oxygens (including phenoxy) is 3. The van der Waals surface area contributed by atoms with E-state index in [0.29, 0.717) is 49.1 Å². The molecule has 0 amide bonds. The van der Waals surface area contributed by atoms with E-state index < -0.39 is 12.0 Å². The van der Waals surface area contributed by atoms with Gasteiger partial charge in [0.25, 0.3) is 5.56 Å². The molecule has 2 aromatic carbocycles. The zero-order valence-corrected chi connectivity index (χ0v) is 22.5. The number of aromatic hydroxyl groups is 1. The number of methoxy groups -OCH3 is 2. The summed E-state index contributed by atoms with van der Waals surface area (Å²) in [6, 6.07) is 9.10. The second kappa shape index (κ2) is 11.2. The molecule has 0 fully saturated rings. The van der Waals surface area contributed by atoms with Crippen molar-refractivity contribution in [3.8, 4) is 17.2 Å². The molecule has 2 heterocycles. The Bertz CT molecular complexity index is 1560. The molecule has 1 N–H and O–H groups in total. The molecule has 1 aromatic heterocycles. The predicted molar refractivity (Wildman–Crippen MR) is 142 cm³/mol. The first-order valence-corrected chi connectivity index (χ1v) is 12.9. The van der Waals surface area contributed by atoms with Gasteiger partial charge in [-0.15, -0.1) is 0 Å². The number of nitrogens with zero attached hydrogens (tertiary/aromatic N) is 2. The van der Waals surface area contributed by atoms with Gasteiger partial charge in [0.05, 0.1) is 36.6 Å². The van der Waals surface area contributed by atoms with Gasteiger partial charge in [0.2, 0.25) is 0 Å². The van der Waals surface area contributed by atoms with Crippen LogP contribution in [0.5, 0.6) is 17.2 Å². The van der Waals surface area contributed by atoms with Crippen molar-refractivity contribution in [2.75, 3.05) is 20.8 Å². The Morgan fingerprint density at radius 1 is 1.16 bits per heavy atom. The molecule has 1 aliphatic rings. The van der Waals surface area contributed by atoms with Crippen molar-refractivity contribution in [1.29, 1.82) is 0 Å². The van der Waals surface area contributed by atoms with E-state index in [1.54, 1.807) is 43.3 Å². The van der Waals surface area contributed by atoms with Crippen LogP contribution >= 0.6 is 22.9 Å². The quantitative estimate of drug-likeness (QED) is 0.433. The lowest BCUT2D eigenvalue weighted by Crippen LogP contribution is -2.40. The summed E-state index contributed by atoms with van der Waals surface area (Å²) < 4.78 is 18.0. The number of carbonyl (C=O) groups excluding carboxylic acids is 1. The number of allylic oxidation sites excluding steroid dienone is 1. The zero-order chi connectivity index (χ0) is 26.7. The molecule has 0 saturated carbocycles. The van der Waals surface area contributed by atoms with Gasteiger partial charge in [0.15, 0.2) is 16.3 Å². The van der Waals surface area contributed by atoms with Crippen molar-refractivity contribution in [2.45, 2.75) is 32.7 Å². The molecule has 0 saturated heterocycles. The fourth-order valence-corrected chi connectivity index (χ4v) is 5.48. The molecular formula is C27H27ClN2O6S. The highest BCUT2D eigenvalue weighted by Crippen LogP contribution is 2.38. The molecule has 194 valence electrons. The van der Waals surface area contributed by atoms with Crippen molar-refractivity contribution in [3.05, 3.63) is 83.5 Å². The van der Waals surface area contributed by atoms with Crippen molar-refractivity contribution in [2.24, 2.45) is 4.99 Å². The lowest BCUT2D eigenvalue weighted by Gasteiger charge is -2.27. The van der Waals surface area contributed by atoms with E-state index in [4.69, 9.17) is 30.8 Å². The van der Waals surface area contributed by atoms with E-state index in [1.165, 1.54) is 36.2 Å². The molecule has 8 nitrogen and oxygen atoms in total. The Morgan fingerprint density at radius 3 is 2.54 bits per heavy atom. The Balaban J connectivity index is 2.03. The maximum Gasteiger partial charge on any atom is 0.338 e. The number of aromatic nitrogens is 1. The molecule has 1 aliphatic heterocycles. The SMILES string of the molecule is CCCC1=C(C(=O)OCC)[C@H](c2cc(Cl)ccc2OC)n2c(s/c(=C/c3ccc(OC)c(O)c3)c2=O)=N1. The number of phenols is 1. The first-order chi connectivity index (χ1) is 17.8. The Labute approximate surface area is 222 Å². The van der Waals surface area contributed by atoms with Crippen LogP contribution in [0.4, 0.5) is 0 Å². The van der Waals surface area contributed by atoms with Crippen LogP contribution < -0.4 is 24.4 Å². The largest absolute Gasteiger partial charge is 0.504 e. The maximum absolute atomic E-state index is 13.8. The lowest BCUT2D eigenvalue weighted by molar-refractivity contribution is -0.139. The van der Waals surface area contributed by atoms with Crippen LogP contribution in [0.1, 0.15) is 43.9 Å². The molecule has 37 heavy (non-hydrogen) atoms. The second-order valence-electron chi connectivity index (χ2n) is 8.23. The summed E-state index contributed by atoms with van der Waals surface area (Å²) in [5.41, 5.74) is 1.66. The van der Waals surface area contributed by atoms with Crippen molar-refractivity contribution >= 4 is 35.0 Å². The third kappa shape index (κ3) is 5.14. The Hall–Kier alpha value is -3.56. The van der Waals surface area contributed by atoms with E-state index in [2.05, 4.69) is 0 Å². The topological polar surface area (TPSA) is 99.4 Å². The summed E-state index contributed by atoms with van der Waals surface area (Å²) >= 11 is 7.56. The van der Waals surface area contributed by atoms with Gasteiger partial charge in [-0.1, -0.05) is 42.3 Å². The average Bonchev–Trinajstić information content (AvgIpc) is 3.18. The van der Waals surface area contributed by atoms with Gasteiger partial charge in [-0.3, -0.25) is 9.36 Å². The fraction of sp³-hybridized carbons (Fsp3) is 0.296. The van der Waals surface area contributed by atoms with E-state index in [9.17, 15) is 14.7 Å². The standard InChI is InChI=1S/C27H27ClN2O6S/c1-5-7-18-23(26(33)36-6-2)24(17-14-16(28)9-11-20(17)34-3)30-25(32)22(37-27(30)29-18)13-15-8-10-21(35-4)19(31)12-15/h8-14,24,31H,5-7H2,1-4H3/b22-13+/t24-/m0/s1. The zero-order valence-electron chi connectivity index (χ0n) is 20.9. The van der Waals surface area contributed by atoms with Gasteiger partial charge in [-0.2, -0.15) is 0 Å². The lowest BCUT2D eigenvalue weighted by atomic mass is 9.93. The van der Waals surface area contributed by atoms with Crippen LogP contribution in [-0.2, 0) is 9.53 Å². The number of hydrogen-bond acceptors (Lipinski definition) is 8. The van der Waals surface area contributed by atoms with Gasteiger partial charge >= 0.3 is 5.97 Å². The van der Waals surface area contributed by atoms with Crippen LogP contribution in [0.3, 0.4) is 0 Å². The minimum atomic E-state index is -0.850. The number of benzene rings is 2. The first-order valence-electron chi connectivity index (χ1n) is 11.7. The third-order valence-corrected chi connectivity index (χ3v) is 7.10. The van der Waals surface area contributed by atoms with E-state index in [-0.39, 0.29) is 23.5 Å². The van der Waals surface area contributed by atoms with Gasteiger partial charge in [-0.05, 0) is 55.3 Å². The van der Waals surface area contributed by atoms with Crippen molar-refractivity contribution in [3.63, 3.8) is 0 Å². The molecule has 0 unspecified atom stereocenters. The fourth-order valence-electron chi connectivity index (χ4n) is 4.28. The van der Waals surface area contributed by atoms with Crippen LogP contribution in [0.2, 0.25) is 5.02 Å². The summed E-state index contributed by atoms with van der Waals surface area (Å²) in [6.07, 6.45) is 2.93. The highest BCUT2D eigenvalue weighted by molar-refractivity contribution is 7.07.